The van der Waals surface area contributed by atoms with Crippen LogP contribution in [0, 0.1) is 6.92 Å². The number of hydrogen-bond donors (Lipinski definition) is 1. The molecule has 1 heterocycles. The number of benzene rings is 1. The Balaban J connectivity index is 2.30. The Morgan fingerprint density at radius 2 is 2.15 bits per heavy atom. The number of rotatable bonds is 5. The maximum Gasteiger partial charge on any atom is 0.258 e. The molecule has 1 aromatic carbocycles. The second-order valence-electron chi connectivity index (χ2n) is 4.52. The fourth-order valence-electron chi connectivity index (χ4n) is 1.85. The molecular formula is C14H18N4O2. The molecule has 6 heteroatoms. The Kier molecular flexibility index (Phi) is 4.47. The van der Waals surface area contributed by atoms with Crippen LogP contribution in [0.15, 0.2) is 28.8 Å². The van der Waals surface area contributed by atoms with Crippen LogP contribution in [-0.4, -0.2) is 48.1 Å². The first-order chi connectivity index (χ1) is 9.63. The zero-order chi connectivity index (χ0) is 14.5. The van der Waals surface area contributed by atoms with Crippen molar-refractivity contribution < 1.29 is 9.32 Å². The normalized spacial score (nSPS) is 10.6. The summed E-state index contributed by atoms with van der Waals surface area (Å²) in [5.41, 5.74) is 1.23. The van der Waals surface area contributed by atoms with Gasteiger partial charge in [0.25, 0.3) is 11.8 Å². The van der Waals surface area contributed by atoms with Gasteiger partial charge in [-0.05, 0) is 26.1 Å². The lowest BCUT2D eigenvalue weighted by molar-refractivity contribution is 0.0797. The smallest absolute Gasteiger partial charge is 0.258 e. The van der Waals surface area contributed by atoms with Gasteiger partial charge in [-0.3, -0.25) is 4.79 Å². The molecule has 1 amide bonds. The van der Waals surface area contributed by atoms with E-state index in [9.17, 15) is 4.79 Å². The van der Waals surface area contributed by atoms with Gasteiger partial charge in [0.05, 0.1) is 11.1 Å². The molecule has 106 valence electrons. The fraction of sp³-hybridized carbons (Fsp3) is 0.357. The lowest BCUT2D eigenvalue weighted by Gasteiger charge is -2.18. The maximum atomic E-state index is 12.5. The van der Waals surface area contributed by atoms with Crippen molar-refractivity contribution in [3.63, 3.8) is 0 Å². The molecule has 0 spiro atoms. The van der Waals surface area contributed by atoms with E-state index in [2.05, 4.69) is 15.5 Å². The van der Waals surface area contributed by atoms with Gasteiger partial charge < -0.3 is 14.7 Å². The van der Waals surface area contributed by atoms with Gasteiger partial charge in [-0.2, -0.15) is 4.98 Å². The maximum absolute atomic E-state index is 12.5. The molecule has 0 fully saturated rings. The summed E-state index contributed by atoms with van der Waals surface area (Å²) in [5, 5.41) is 6.79. The van der Waals surface area contributed by atoms with Crippen LogP contribution in [0.25, 0.3) is 11.5 Å². The molecule has 2 aromatic rings. The standard InChI is InChI=1S/C14H18N4O2/c1-10-16-13(20-17-10)11-6-4-5-7-12(11)14(19)18(3)9-8-15-2/h4-7,15H,8-9H2,1-3H3. The molecule has 2 rings (SSSR count). The Morgan fingerprint density at radius 3 is 2.80 bits per heavy atom. The van der Waals surface area contributed by atoms with E-state index in [4.69, 9.17) is 4.52 Å². The molecule has 0 aliphatic rings. The van der Waals surface area contributed by atoms with Gasteiger partial charge in [-0.15, -0.1) is 0 Å². The lowest BCUT2D eigenvalue weighted by atomic mass is 10.1. The van der Waals surface area contributed by atoms with Gasteiger partial charge in [0.2, 0.25) is 0 Å². The highest BCUT2D eigenvalue weighted by molar-refractivity contribution is 5.99. The minimum Gasteiger partial charge on any atom is -0.340 e. The zero-order valence-electron chi connectivity index (χ0n) is 11.9. The fourth-order valence-corrected chi connectivity index (χ4v) is 1.85. The topological polar surface area (TPSA) is 71.3 Å². The summed E-state index contributed by atoms with van der Waals surface area (Å²) in [6, 6.07) is 7.25. The minimum absolute atomic E-state index is 0.0632. The first-order valence-corrected chi connectivity index (χ1v) is 6.43. The summed E-state index contributed by atoms with van der Waals surface area (Å²) in [7, 11) is 3.63. The molecule has 20 heavy (non-hydrogen) atoms. The third kappa shape index (κ3) is 3.03. The van der Waals surface area contributed by atoms with E-state index in [1.54, 1.807) is 24.9 Å². The van der Waals surface area contributed by atoms with Crippen LogP contribution in [0.3, 0.4) is 0 Å². The van der Waals surface area contributed by atoms with Gasteiger partial charge >= 0.3 is 0 Å². The molecule has 1 aromatic heterocycles. The average Bonchev–Trinajstić information content (AvgIpc) is 2.90. The molecule has 0 atom stereocenters. The van der Waals surface area contributed by atoms with E-state index in [1.807, 2.05) is 25.2 Å². The zero-order valence-corrected chi connectivity index (χ0v) is 11.9. The molecule has 0 aliphatic carbocycles. The van der Waals surface area contributed by atoms with Crippen molar-refractivity contribution in [3.05, 3.63) is 35.7 Å². The second-order valence-corrected chi connectivity index (χ2v) is 4.52. The number of amides is 1. The summed E-state index contributed by atoms with van der Waals surface area (Å²) in [5.74, 6) is 0.853. The van der Waals surface area contributed by atoms with E-state index >= 15 is 0 Å². The molecule has 1 N–H and O–H groups in total. The van der Waals surface area contributed by atoms with Crippen LogP contribution in [0.4, 0.5) is 0 Å². The van der Waals surface area contributed by atoms with Gasteiger partial charge in [0.15, 0.2) is 5.82 Å². The monoisotopic (exact) mass is 274 g/mol. The van der Waals surface area contributed by atoms with Crippen molar-refractivity contribution in [1.29, 1.82) is 0 Å². The molecule has 0 radical (unpaired) electrons. The highest BCUT2D eigenvalue weighted by Crippen LogP contribution is 2.22. The van der Waals surface area contributed by atoms with Crippen molar-refractivity contribution in [1.82, 2.24) is 20.4 Å². The van der Waals surface area contributed by atoms with Gasteiger partial charge in [-0.1, -0.05) is 17.3 Å². The second kappa shape index (κ2) is 6.29. The summed E-state index contributed by atoms with van der Waals surface area (Å²) in [4.78, 5) is 18.3. The van der Waals surface area contributed by atoms with Crippen molar-refractivity contribution in [2.75, 3.05) is 27.2 Å². The number of aromatic nitrogens is 2. The molecular weight excluding hydrogens is 256 g/mol. The molecule has 0 unspecified atom stereocenters. The molecule has 0 saturated carbocycles. The van der Waals surface area contributed by atoms with Crippen LogP contribution in [-0.2, 0) is 0 Å². The summed E-state index contributed by atoms with van der Waals surface area (Å²) >= 11 is 0. The third-order valence-corrected chi connectivity index (χ3v) is 2.96. The van der Waals surface area contributed by atoms with Crippen LogP contribution < -0.4 is 5.32 Å². The van der Waals surface area contributed by atoms with Crippen molar-refractivity contribution in [2.45, 2.75) is 6.92 Å². The Morgan fingerprint density at radius 1 is 1.40 bits per heavy atom. The van der Waals surface area contributed by atoms with Crippen LogP contribution in [0.5, 0.6) is 0 Å². The highest BCUT2D eigenvalue weighted by Gasteiger charge is 2.19. The number of aryl methyl sites for hydroxylation is 1. The summed E-state index contributed by atoms with van der Waals surface area (Å²) in [6.07, 6.45) is 0. The molecule has 0 saturated heterocycles. The van der Waals surface area contributed by atoms with Crippen LogP contribution in [0.1, 0.15) is 16.2 Å². The number of carbonyl (C=O) groups excluding carboxylic acids is 1. The first kappa shape index (κ1) is 14.2. The SMILES string of the molecule is CNCCN(C)C(=O)c1ccccc1-c1nc(C)no1. The average molecular weight is 274 g/mol. The van der Waals surface area contributed by atoms with E-state index in [1.165, 1.54) is 0 Å². The van der Waals surface area contributed by atoms with Crippen molar-refractivity contribution in [3.8, 4) is 11.5 Å². The van der Waals surface area contributed by atoms with Gasteiger partial charge in [-0.25, -0.2) is 0 Å². The van der Waals surface area contributed by atoms with Crippen LogP contribution in [0.2, 0.25) is 0 Å². The largest absolute Gasteiger partial charge is 0.340 e. The van der Waals surface area contributed by atoms with Crippen molar-refractivity contribution in [2.24, 2.45) is 0 Å². The van der Waals surface area contributed by atoms with Gasteiger partial charge in [0.1, 0.15) is 0 Å². The van der Waals surface area contributed by atoms with Crippen LogP contribution >= 0.6 is 0 Å². The van der Waals surface area contributed by atoms with E-state index < -0.39 is 0 Å². The van der Waals surface area contributed by atoms with E-state index in [0.717, 1.165) is 6.54 Å². The number of nitrogens with zero attached hydrogens (tertiary/aromatic N) is 3. The Labute approximate surface area is 117 Å². The lowest BCUT2D eigenvalue weighted by Crippen LogP contribution is -2.33. The van der Waals surface area contributed by atoms with Crippen molar-refractivity contribution >= 4 is 5.91 Å². The summed E-state index contributed by atoms with van der Waals surface area (Å²) < 4.78 is 5.16. The Bertz CT molecular complexity index is 594. The van der Waals surface area contributed by atoms with E-state index in [-0.39, 0.29) is 5.91 Å². The third-order valence-electron chi connectivity index (χ3n) is 2.96. The minimum atomic E-state index is -0.0632. The quantitative estimate of drug-likeness (QED) is 0.890. The molecule has 0 aliphatic heterocycles. The molecule has 0 bridgehead atoms. The summed E-state index contributed by atoms with van der Waals surface area (Å²) in [6.45, 7) is 3.12. The predicted octanol–water partition coefficient (Wildman–Crippen LogP) is 1.34. The van der Waals surface area contributed by atoms with E-state index in [0.29, 0.717) is 29.4 Å². The Hall–Kier alpha value is -2.21. The number of carbonyl (C=O) groups is 1. The predicted molar refractivity (Wildman–Crippen MR) is 75.4 cm³/mol. The highest BCUT2D eigenvalue weighted by atomic mass is 16.5. The number of hydrogen-bond acceptors (Lipinski definition) is 5. The number of likely N-dealkylation sites (N-methyl/N-ethyl adjacent to an activating group) is 2. The number of nitrogens with one attached hydrogen (secondary N) is 1. The van der Waals surface area contributed by atoms with Gasteiger partial charge in [0, 0.05) is 20.1 Å². The first-order valence-electron chi connectivity index (χ1n) is 6.43. The molecule has 6 nitrogen and oxygen atoms in total.